The minimum Gasteiger partial charge on any atom is -0.280 e. The van der Waals surface area contributed by atoms with Crippen molar-refractivity contribution in [1.82, 2.24) is 4.98 Å². The second-order valence-corrected chi connectivity index (χ2v) is 5.81. The average Bonchev–Trinajstić information content (AvgIpc) is 2.28. The SMILES string of the molecule is CCCSC(=O)c1nc(Cl)ccc1SCC. The zero-order valence-electron chi connectivity index (χ0n) is 9.33. The van der Waals surface area contributed by atoms with Crippen LogP contribution in [0.3, 0.4) is 0 Å². The van der Waals surface area contributed by atoms with Crippen molar-refractivity contribution in [2.24, 2.45) is 0 Å². The normalized spacial score (nSPS) is 10.4. The summed E-state index contributed by atoms with van der Waals surface area (Å²) in [6, 6.07) is 3.59. The topological polar surface area (TPSA) is 30.0 Å². The van der Waals surface area contributed by atoms with Crippen LogP contribution < -0.4 is 0 Å². The number of nitrogens with zero attached hydrogens (tertiary/aromatic N) is 1. The van der Waals surface area contributed by atoms with Gasteiger partial charge in [0.05, 0.1) is 0 Å². The summed E-state index contributed by atoms with van der Waals surface area (Å²) in [5, 5.41) is 0.390. The van der Waals surface area contributed by atoms with Gasteiger partial charge < -0.3 is 0 Å². The maximum atomic E-state index is 11.9. The Morgan fingerprint density at radius 1 is 1.44 bits per heavy atom. The summed E-state index contributed by atoms with van der Waals surface area (Å²) >= 11 is 8.74. The van der Waals surface area contributed by atoms with Gasteiger partial charge in [0, 0.05) is 10.6 Å². The van der Waals surface area contributed by atoms with Gasteiger partial charge in [-0.15, -0.1) is 11.8 Å². The molecule has 1 heterocycles. The molecule has 5 heteroatoms. The Balaban J connectivity index is 2.90. The molecule has 0 radical (unpaired) electrons. The van der Waals surface area contributed by atoms with Crippen molar-refractivity contribution in [3.63, 3.8) is 0 Å². The van der Waals surface area contributed by atoms with Crippen LogP contribution in [0.4, 0.5) is 0 Å². The maximum absolute atomic E-state index is 11.9. The fourth-order valence-corrected chi connectivity index (χ4v) is 2.75. The van der Waals surface area contributed by atoms with E-state index >= 15 is 0 Å². The van der Waals surface area contributed by atoms with Crippen molar-refractivity contribution >= 4 is 40.2 Å². The molecular weight excluding hydrogens is 262 g/mol. The Bertz CT molecular complexity index is 371. The van der Waals surface area contributed by atoms with Crippen molar-refractivity contribution in [3.8, 4) is 0 Å². The summed E-state index contributed by atoms with van der Waals surface area (Å²) in [6.45, 7) is 4.10. The molecule has 0 aliphatic heterocycles. The number of carbonyl (C=O) groups is 1. The fraction of sp³-hybridized carbons (Fsp3) is 0.455. The van der Waals surface area contributed by atoms with Crippen molar-refractivity contribution in [2.45, 2.75) is 25.2 Å². The molecule has 0 unspecified atom stereocenters. The number of aromatic nitrogens is 1. The van der Waals surface area contributed by atoms with Gasteiger partial charge in [0.25, 0.3) is 0 Å². The highest BCUT2D eigenvalue weighted by Crippen LogP contribution is 2.26. The summed E-state index contributed by atoms with van der Waals surface area (Å²) in [4.78, 5) is 16.9. The van der Waals surface area contributed by atoms with E-state index in [-0.39, 0.29) is 5.12 Å². The Morgan fingerprint density at radius 3 is 2.81 bits per heavy atom. The van der Waals surface area contributed by atoms with Gasteiger partial charge in [0.1, 0.15) is 10.8 Å². The molecule has 0 N–H and O–H groups in total. The molecule has 0 saturated carbocycles. The zero-order chi connectivity index (χ0) is 12.0. The van der Waals surface area contributed by atoms with Gasteiger partial charge in [-0.1, -0.05) is 37.2 Å². The molecule has 0 atom stereocenters. The fourth-order valence-electron chi connectivity index (χ4n) is 1.10. The minimum absolute atomic E-state index is 0.0142. The van der Waals surface area contributed by atoms with Crippen LogP contribution in [0.2, 0.25) is 5.15 Å². The summed E-state index contributed by atoms with van der Waals surface area (Å²) < 4.78 is 0. The number of hydrogen-bond donors (Lipinski definition) is 0. The predicted octanol–water partition coefficient (Wildman–Crippen LogP) is 4.13. The van der Waals surface area contributed by atoms with E-state index in [0.29, 0.717) is 10.8 Å². The first-order chi connectivity index (χ1) is 7.69. The highest BCUT2D eigenvalue weighted by molar-refractivity contribution is 8.14. The summed E-state index contributed by atoms with van der Waals surface area (Å²) in [6.07, 6.45) is 0.979. The predicted molar refractivity (Wildman–Crippen MR) is 72.7 cm³/mol. The molecular formula is C11H14ClNOS2. The third-order valence-electron chi connectivity index (χ3n) is 1.75. The van der Waals surface area contributed by atoms with Crippen LogP contribution in [-0.2, 0) is 0 Å². The molecule has 0 bridgehead atoms. The maximum Gasteiger partial charge on any atom is 0.238 e. The number of carbonyl (C=O) groups excluding carboxylic acids is 1. The van der Waals surface area contributed by atoms with Gasteiger partial charge in [-0.05, 0) is 24.3 Å². The lowest BCUT2D eigenvalue weighted by Gasteiger charge is -2.06. The molecule has 0 aromatic carbocycles. The molecule has 0 aliphatic carbocycles. The van der Waals surface area contributed by atoms with E-state index in [9.17, 15) is 4.79 Å². The monoisotopic (exact) mass is 275 g/mol. The molecule has 2 nitrogen and oxygen atoms in total. The van der Waals surface area contributed by atoms with Crippen molar-refractivity contribution < 1.29 is 4.79 Å². The lowest BCUT2D eigenvalue weighted by Crippen LogP contribution is -2.01. The van der Waals surface area contributed by atoms with Crippen molar-refractivity contribution in [3.05, 3.63) is 23.0 Å². The smallest absolute Gasteiger partial charge is 0.238 e. The largest absolute Gasteiger partial charge is 0.280 e. The van der Waals surface area contributed by atoms with E-state index in [1.54, 1.807) is 17.8 Å². The number of rotatable bonds is 5. The van der Waals surface area contributed by atoms with E-state index < -0.39 is 0 Å². The van der Waals surface area contributed by atoms with Crippen LogP contribution in [0, 0.1) is 0 Å². The molecule has 0 amide bonds. The van der Waals surface area contributed by atoms with Gasteiger partial charge >= 0.3 is 0 Å². The van der Waals surface area contributed by atoms with E-state index in [0.717, 1.165) is 22.8 Å². The first-order valence-corrected chi connectivity index (χ1v) is 7.50. The molecule has 0 spiro atoms. The molecule has 88 valence electrons. The Labute approximate surface area is 110 Å². The molecule has 1 rings (SSSR count). The molecule has 0 aliphatic rings. The third-order valence-corrected chi connectivity index (χ3v) is 3.96. The first kappa shape index (κ1) is 13.9. The van der Waals surface area contributed by atoms with Crippen LogP contribution in [0.15, 0.2) is 17.0 Å². The highest BCUT2D eigenvalue weighted by Gasteiger charge is 2.14. The first-order valence-electron chi connectivity index (χ1n) is 5.15. The van der Waals surface area contributed by atoms with Crippen LogP contribution >= 0.6 is 35.1 Å². The van der Waals surface area contributed by atoms with Crippen molar-refractivity contribution in [2.75, 3.05) is 11.5 Å². The second-order valence-electron chi connectivity index (χ2n) is 3.05. The summed E-state index contributed by atoms with van der Waals surface area (Å²) in [5.41, 5.74) is 0.498. The number of thioether (sulfide) groups is 2. The highest BCUT2D eigenvalue weighted by atomic mass is 35.5. The third kappa shape index (κ3) is 4.00. The van der Waals surface area contributed by atoms with Crippen LogP contribution in [-0.4, -0.2) is 21.6 Å². The van der Waals surface area contributed by atoms with Gasteiger partial charge in [-0.25, -0.2) is 4.98 Å². The van der Waals surface area contributed by atoms with Gasteiger partial charge in [0.2, 0.25) is 5.12 Å². The Kier molecular flexibility index (Phi) is 6.24. The standard InChI is InChI=1S/C11H14ClNOS2/c1-3-7-16-11(14)10-8(15-4-2)5-6-9(12)13-10/h5-6H,3-4,7H2,1-2H3. The lowest BCUT2D eigenvalue weighted by molar-refractivity contribution is 0.108. The average molecular weight is 276 g/mol. The van der Waals surface area contributed by atoms with Crippen molar-refractivity contribution in [1.29, 1.82) is 0 Å². The lowest BCUT2D eigenvalue weighted by atomic mass is 10.4. The van der Waals surface area contributed by atoms with E-state index in [4.69, 9.17) is 11.6 Å². The zero-order valence-corrected chi connectivity index (χ0v) is 11.7. The number of halogens is 1. The molecule has 1 aromatic heterocycles. The molecule has 1 aromatic rings. The summed E-state index contributed by atoms with van der Waals surface area (Å²) in [7, 11) is 0. The summed E-state index contributed by atoms with van der Waals surface area (Å²) in [5.74, 6) is 1.74. The van der Waals surface area contributed by atoms with Gasteiger partial charge in [-0.2, -0.15) is 0 Å². The van der Waals surface area contributed by atoms with Crippen LogP contribution in [0.1, 0.15) is 30.8 Å². The quantitative estimate of drug-likeness (QED) is 0.597. The number of hydrogen-bond acceptors (Lipinski definition) is 4. The van der Waals surface area contributed by atoms with E-state index in [1.165, 1.54) is 11.8 Å². The van der Waals surface area contributed by atoms with Crippen LogP contribution in [0.5, 0.6) is 0 Å². The minimum atomic E-state index is 0.0142. The Hall–Kier alpha value is -0.190. The van der Waals surface area contributed by atoms with Crippen LogP contribution in [0.25, 0.3) is 0 Å². The molecule has 0 saturated heterocycles. The Morgan fingerprint density at radius 2 is 2.19 bits per heavy atom. The molecule has 16 heavy (non-hydrogen) atoms. The second kappa shape index (κ2) is 7.20. The number of pyridine rings is 1. The van der Waals surface area contributed by atoms with E-state index in [2.05, 4.69) is 4.98 Å². The van der Waals surface area contributed by atoms with E-state index in [1.807, 2.05) is 19.9 Å². The molecule has 0 fully saturated rings. The van der Waals surface area contributed by atoms with Gasteiger partial charge in [-0.3, -0.25) is 4.79 Å². The van der Waals surface area contributed by atoms with Gasteiger partial charge in [0.15, 0.2) is 0 Å².